The number of nitro benzene ring substituents is 1. The Morgan fingerprint density at radius 1 is 1.47 bits per heavy atom. The summed E-state index contributed by atoms with van der Waals surface area (Å²) in [5, 5.41) is 14.1. The van der Waals surface area contributed by atoms with Gasteiger partial charge in [-0.2, -0.15) is 0 Å². The number of rotatable bonds is 4. The fourth-order valence-corrected chi connectivity index (χ4v) is 2.99. The summed E-state index contributed by atoms with van der Waals surface area (Å²) >= 11 is 1.76. The predicted molar refractivity (Wildman–Crippen MR) is 80.8 cm³/mol. The summed E-state index contributed by atoms with van der Waals surface area (Å²) in [5.74, 6) is -0.426. The van der Waals surface area contributed by atoms with Crippen molar-refractivity contribution in [2.24, 2.45) is 5.41 Å². The molecule has 4 nitrogen and oxygen atoms in total. The topological polar surface area (TPSA) is 55.2 Å². The van der Waals surface area contributed by atoms with Crippen LogP contribution in [-0.2, 0) is 0 Å². The van der Waals surface area contributed by atoms with Crippen molar-refractivity contribution in [1.29, 1.82) is 0 Å². The molecule has 0 unspecified atom stereocenters. The van der Waals surface area contributed by atoms with Crippen LogP contribution in [0.3, 0.4) is 0 Å². The highest BCUT2D eigenvalue weighted by Gasteiger charge is 2.29. The highest BCUT2D eigenvalue weighted by atomic mass is 127. The zero-order chi connectivity index (χ0) is 14.0. The van der Waals surface area contributed by atoms with Gasteiger partial charge in [0.15, 0.2) is 0 Å². The molecule has 1 saturated carbocycles. The maximum atomic E-state index is 13.5. The summed E-state index contributed by atoms with van der Waals surface area (Å²) in [5.41, 5.74) is 0.372. The van der Waals surface area contributed by atoms with Crippen molar-refractivity contribution >= 4 is 34.0 Å². The molecule has 0 heterocycles. The molecule has 2 rings (SSSR count). The summed E-state index contributed by atoms with van der Waals surface area (Å²) in [6, 6.07) is 2.49. The molecule has 1 aliphatic rings. The van der Waals surface area contributed by atoms with Crippen LogP contribution < -0.4 is 5.32 Å². The molecule has 0 radical (unpaired) electrons. The number of hydrogen-bond donors (Lipinski definition) is 1. The van der Waals surface area contributed by atoms with Crippen molar-refractivity contribution in [3.05, 3.63) is 31.6 Å². The predicted octanol–water partition coefficient (Wildman–Crippen LogP) is 4.33. The lowest BCUT2D eigenvalue weighted by Gasteiger charge is -2.24. The molecule has 1 aliphatic carbocycles. The molecule has 1 fully saturated rings. The van der Waals surface area contributed by atoms with Gasteiger partial charge in [0.25, 0.3) is 5.69 Å². The minimum atomic E-state index is -0.471. The Balaban J connectivity index is 2.19. The molecule has 6 heteroatoms. The van der Waals surface area contributed by atoms with Crippen LogP contribution >= 0.6 is 22.6 Å². The number of nitro groups is 1. The second-order valence-corrected chi connectivity index (χ2v) is 6.57. The van der Waals surface area contributed by atoms with Gasteiger partial charge in [0.2, 0.25) is 0 Å². The minimum absolute atomic E-state index is 0.0626. The van der Waals surface area contributed by atoms with Crippen LogP contribution in [0.15, 0.2) is 12.1 Å². The van der Waals surface area contributed by atoms with Crippen molar-refractivity contribution in [3.8, 4) is 0 Å². The Bertz CT molecular complexity index is 502. The largest absolute Gasteiger partial charge is 0.379 e. The van der Waals surface area contributed by atoms with Crippen molar-refractivity contribution < 1.29 is 9.31 Å². The third-order valence-corrected chi connectivity index (χ3v) is 4.58. The van der Waals surface area contributed by atoms with Crippen molar-refractivity contribution in [2.75, 3.05) is 11.9 Å². The number of hydrogen-bond acceptors (Lipinski definition) is 3. The van der Waals surface area contributed by atoms with E-state index in [1.165, 1.54) is 25.0 Å². The molecule has 0 amide bonds. The van der Waals surface area contributed by atoms with E-state index < -0.39 is 10.7 Å². The summed E-state index contributed by atoms with van der Waals surface area (Å²) < 4.78 is 13.8. The highest BCUT2D eigenvalue weighted by molar-refractivity contribution is 14.1. The number of nitrogens with one attached hydrogen (secondary N) is 1. The third-order valence-electron chi connectivity index (χ3n) is 3.75. The minimum Gasteiger partial charge on any atom is -0.379 e. The third kappa shape index (κ3) is 3.34. The Kier molecular flexibility index (Phi) is 4.27. The van der Waals surface area contributed by atoms with Crippen LogP contribution in [0.4, 0.5) is 15.8 Å². The summed E-state index contributed by atoms with van der Waals surface area (Å²) in [6.45, 7) is 2.82. The first-order chi connectivity index (χ1) is 8.91. The second kappa shape index (κ2) is 5.60. The summed E-state index contributed by atoms with van der Waals surface area (Å²) in [4.78, 5) is 10.5. The van der Waals surface area contributed by atoms with E-state index in [0.717, 1.165) is 12.8 Å². The quantitative estimate of drug-likeness (QED) is 0.482. The van der Waals surface area contributed by atoms with E-state index in [4.69, 9.17) is 0 Å². The van der Waals surface area contributed by atoms with Gasteiger partial charge in [-0.25, -0.2) is 4.39 Å². The molecule has 0 atom stereocenters. The van der Waals surface area contributed by atoms with Gasteiger partial charge in [0.05, 0.1) is 8.49 Å². The molecule has 0 aromatic heterocycles. The lowest BCUT2D eigenvalue weighted by Crippen LogP contribution is -2.23. The molecular weight excluding hydrogens is 362 g/mol. The highest BCUT2D eigenvalue weighted by Crippen LogP contribution is 2.38. The van der Waals surface area contributed by atoms with Gasteiger partial charge >= 0.3 is 0 Å². The fraction of sp³-hybridized carbons (Fsp3) is 0.538. The molecule has 1 aromatic carbocycles. The van der Waals surface area contributed by atoms with E-state index in [1.807, 2.05) is 0 Å². The Hall–Kier alpha value is -0.920. The number of halogens is 2. The van der Waals surface area contributed by atoms with E-state index in [2.05, 4.69) is 12.2 Å². The standard InChI is InChI=1S/C13H16FIN2O2/c1-13(4-2-3-5-13)8-16-11-6-9(14)10(15)7-12(11)17(18)19/h6-7,16H,2-5,8H2,1H3. The van der Waals surface area contributed by atoms with E-state index in [1.54, 1.807) is 22.6 Å². The molecular formula is C13H16FIN2O2. The van der Waals surface area contributed by atoms with Gasteiger partial charge in [-0.05, 0) is 40.8 Å². The zero-order valence-corrected chi connectivity index (χ0v) is 12.9. The number of anilines is 1. The van der Waals surface area contributed by atoms with Crippen molar-refractivity contribution in [1.82, 2.24) is 0 Å². The number of nitrogens with zero attached hydrogens (tertiary/aromatic N) is 1. The van der Waals surface area contributed by atoms with Gasteiger partial charge in [-0.3, -0.25) is 10.1 Å². The van der Waals surface area contributed by atoms with E-state index in [0.29, 0.717) is 6.54 Å². The van der Waals surface area contributed by atoms with Gasteiger partial charge in [-0.1, -0.05) is 19.8 Å². The maximum Gasteiger partial charge on any atom is 0.293 e. The van der Waals surface area contributed by atoms with Gasteiger partial charge in [0.1, 0.15) is 11.5 Å². The Labute approximate surface area is 125 Å². The van der Waals surface area contributed by atoms with Crippen LogP contribution in [0.5, 0.6) is 0 Å². The monoisotopic (exact) mass is 378 g/mol. The normalized spacial score (nSPS) is 17.4. The van der Waals surface area contributed by atoms with E-state index in [9.17, 15) is 14.5 Å². The summed E-state index contributed by atoms with van der Waals surface area (Å²) in [6.07, 6.45) is 4.62. The van der Waals surface area contributed by atoms with Gasteiger partial charge in [0, 0.05) is 18.7 Å². The van der Waals surface area contributed by atoms with Crippen molar-refractivity contribution in [2.45, 2.75) is 32.6 Å². The second-order valence-electron chi connectivity index (χ2n) is 5.41. The fourth-order valence-electron chi connectivity index (χ4n) is 2.54. The van der Waals surface area contributed by atoms with Crippen LogP contribution in [-0.4, -0.2) is 11.5 Å². The Morgan fingerprint density at radius 2 is 2.11 bits per heavy atom. The van der Waals surface area contributed by atoms with Crippen molar-refractivity contribution in [3.63, 3.8) is 0 Å². The smallest absolute Gasteiger partial charge is 0.293 e. The molecule has 0 spiro atoms. The average molecular weight is 378 g/mol. The molecule has 0 aliphatic heterocycles. The first-order valence-electron chi connectivity index (χ1n) is 6.29. The first kappa shape index (κ1) is 14.5. The lowest BCUT2D eigenvalue weighted by molar-refractivity contribution is -0.384. The van der Waals surface area contributed by atoms with Crippen LogP contribution in [0.25, 0.3) is 0 Å². The van der Waals surface area contributed by atoms with Crippen LogP contribution in [0, 0.1) is 24.9 Å². The summed E-state index contributed by atoms with van der Waals surface area (Å²) in [7, 11) is 0. The van der Waals surface area contributed by atoms with E-state index >= 15 is 0 Å². The molecule has 0 bridgehead atoms. The first-order valence-corrected chi connectivity index (χ1v) is 7.36. The van der Waals surface area contributed by atoms with Crippen LogP contribution in [0.2, 0.25) is 0 Å². The maximum absolute atomic E-state index is 13.5. The lowest BCUT2D eigenvalue weighted by atomic mass is 9.89. The molecule has 1 aromatic rings. The van der Waals surface area contributed by atoms with Gasteiger partial charge < -0.3 is 5.32 Å². The molecule has 0 saturated heterocycles. The SMILES string of the molecule is CC1(CNc2cc(F)c(I)cc2[N+](=O)[O-])CCCC1. The molecule has 19 heavy (non-hydrogen) atoms. The van der Waals surface area contributed by atoms with Gasteiger partial charge in [-0.15, -0.1) is 0 Å². The molecule has 1 N–H and O–H groups in total. The zero-order valence-electron chi connectivity index (χ0n) is 10.7. The Morgan fingerprint density at radius 3 is 2.68 bits per heavy atom. The molecule has 104 valence electrons. The average Bonchev–Trinajstić information content (AvgIpc) is 2.77. The van der Waals surface area contributed by atoms with Crippen LogP contribution in [0.1, 0.15) is 32.6 Å². The number of benzene rings is 1. The van der Waals surface area contributed by atoms with E-state index in [-0.39, 0.29) is 20.4 Å².